The van der Waals surface area contributed by atoms with Gasteiger partial charge in [-0.2, -0.15) is 0 Å². The molecule has 3 saturated heterocycles. The van der Waals surface area contributed by atoms with Crippen LogP contribution >= 0.6 is 0 Å². The van der Waals surface area contributed by atoms with Crippen LogP contribution in [0.1, 0.15) is 103 Å². The second-order valence-electron chi connectivity index (χ2n) is 17.0. The molecule has 2 aliphatic carbocycles. The summed E-state index contributed by atoms with van der Waals surface area (Å²) >= 11 is 0. The Balaban J connectivity index is 0.798. The standard InChI is InChI=1S/C43H49N7O6/c1-26-5-9-33-35(50(26)41(54)27-6-7-27)11-12-36(38(33)56-31-3-2-4-31)48-21-19-47(20-22-48)29-14-17-46(18-15-29)30-24-49(25-30)43(16-13-37(51)44-42(43)55)28-8-10-32-34(23-28)40(53)45-39(32)52/h8,10-12,19-23,26-27,29-31H,2-7,9,13-18,24-25H2,1H3,(H,44,51,55)(H,45,52,53)/t26-,43?/m0/s1. The zero-order valence-electron chi connectivity index (χ0n) is 31.9. The largest absolute Gasteiger partial charge is 0.488 e. The van der Waals surface area contributed by atoms with Crippen molar-refractivity contribution in [3.05, 3.63) is 77.4 Å². The molecule has 0 aromatic heterocycles. The first-order valence-corrected chi connectivity index (χ1v) is 20.6. The zero-order chi connectivity index (χ0) is 38.3. The second-order valence-corrected chi connectivity index (χ2v) is 17.0. The number of fused-ring (bicyclic) bond motifs is 2. The highest BCUT2D eigenvalue weighted by Gasteiger charge is 2.54. The summed E-state index contributed by atoms with van der Waals surface area (Å²) in [5, 5.41) is 4.89. The van der Waals surface area contributed by atoms with E-state index >= 15 is 0 Å². The summed E-state index contributed by atoms with van der Waals surface area (Å²) in [7, 11) is 0. The van der Waals surface area contributed by atoms with Crippen LogP contribution in [0.5, 0.6) is 5.75 Å². The van der Waals surface area contributed by atoms with Crippen LogP contribution in [0.4, 0.5) is 11.4 Å². The van der Waals surface area contributed by atoms with Gasteiger partial charge < -0.3 is 19.4 Å². The Bertz CT molecular complexity index is 2060. The Morgan fingerprint density at radius 1 is 0.786 bits per heavy atom. The lowest BCUT2D eigenvalue weighted by Gasteiger charge is -2.56. The topological polar surface area (TPSA) is 135 Å². The van der Waals surface area contributed by atoms with Crippen molar-refractivity contribution in [2.75, 3.05) is 36.0 Å². The van der Waals surface area contributed by atoms with E-state index in [0.29, 0.717) is 36.7 Å². The highest BCUT2D eigenvalue weighted by molar-refractivity contribution is 6.21. The van der Waals surface area contributed by atoms with Gasteiger partial charge in [-0.25, -0.2) is 0 Å². The summed E-state index contributed by atoms with van der Waals surface area (Å²) in [6.45, 7) is 5.38. The summed E-state index contributed by atoms with van der Waals surface area (Å²) in [5.74, 6) is -0.207. The molecule has 2 saturated carbocycles. The Morgan fingerprint density at radius 2 is 1.52 bits per heavy atom. The van der Waals surface area contributed by atoms with Crippen LogP contribution in [0.25, 0.3) is 0 Å². The average molecular weight is 760 g/mol. The quantitative estimate of drug-likeness (QED) is 0.379. The Morgan fingerprint density at radius 3 is 2.21 bits per heavy atom. The first kappa shape index (κ1) is 35.4. The van der Waals surface area contributed by atoms with Crippen molar-refractivity contribution in [1.82, 2.24) is 25.3 Å². The van der Waals surface area contributed by atoms with E-state index in [1.54, 1.807) is 18.2 Å². The highest BCUT2D eigenvalue weighted by Crippen LogP contribution is 2.47. The number of ether oxygens (including phenoxy) is 1. The highest BCUT2D eigenvalue weighted by atomic mass is 16.5. The van der Waals surface area contributed by atoms with Crippen LogP contribution in [0.3, 0.4) is 0 Å². The minimum Gasteiger partial charge on any atom is -0.488 e. The van der Waals surface area contributed by atoms with Crippen molar-refractivity contribution in [3.63, 3.8) is 0 Å². The number of rotatable bonds is 8. The van der Waals surface area contributed by atoms with E-state index in [2.05, 4.69) is 79.0 Å². The molecule has 56 heavy (non-hydrogen) atoms. The number of carbonyl (C=O) groups is 5. The normalized spacial score (nSPS) is 27.4. The molecule has 5 fully saturated rings. The van der Waals surface area contributed by atoms with Crippen LogP contribution in [0.2, 0.25) is 0 Å². The van der Waals surface area contributed by atoms with Crippen molar-refractivity contribution in [1.29, 1.82) is 0 Å². The van der Waals surface area contributed by atoms with Gasteiger partial charge in [0.15, 0.2) is 0 Å². The molecule has 1 unspecified atom stereocenters. The Kier molecular flexibility index (Phi) is 8.59. The zero-order valence-corrected chi connectivity index (χ0v) is 31.9. The van der Waals surface area contributed by atoms with Crippen molar-refractivity contribution in [3.8, 4) is 5.75 Å². The molecule has 2 aromatic carbocycles. The fourth-order valence-electron chi connectivity index (χ4n) is 9.88. The van der Waals surface area contributed by atoms with Crippen LogP contribution in [-0.2, 0) is 26.3 Å². The van der Waals surface area contributed by atoms with Gasteiger partial charge in [0.1, 0.15) is 11.3 Å². The van der Waals surface area contributed by atoms with E-state index in [1.807, 2.05) is 0 Å². The molecule has 10 rings (SSSR count). The molecule has 0 radical (unpaired) electrons. The third-order valence-corrected chi connectivity index (χ3v) is 13.7. The number of anilines is 2. The summed E-state index contributed by atoms with van der Waals surface area (Å²) in [6, 6.07) is 10.1. The number of benzene rings is 2. The summed E-state index contributed by atoms with van der Waals surface area (Å²) < 4.78 is 6.74. The van der Waals surface area contributed by atoms with Crippen LogP contribution < -0.4 is 25.2 Å². The molecule has 2 atom stereocenters. The predicted octanol–water partition coefficient (Wildman–Crippen LogP) is 4.12. The lowest BCUT2D eigenvalue weighted by Crippen LogP contribution is -2.71. The molecular weight excluding hydrogens is 711 g/mol. The minimum absolute atomic E-state index is 0.167. The second kappa shape index (κ2) is 13.6. The number of amides is 5. The summed E-state index contributed by atoms with van der Waals surface area (Å²) in [5.41, 5.74) is 3.34. The molecule has 0 bridgehead atoms. The average Bonchev–Trinajstić information content (AvgIpc) is 3.98. The first-order valence-electron chi connectivity index (χ1n) is 20.6. The number of nitrogens with one attached hydrogen (secondary N) is 2. The Labute approximate surface area is 326 Å². The molecule has 8 aliphatic rings. The number of hydrogen-bond acceptors (Lipinski definition) is 10. The number of likely N-dealkylation sites (tertiary alicyclic amines) is 2. The molecule has 2 N–H and O–H groups in total. The molecule has 6 heterocycles. The number of carbonyl (C=O) groups excluding carboxylic acids is 5. The fourth-order valence-corrected chi connectivity index (χ4v) is 9.88. The molecule has 6 aliphatic heterocycles. The molecule has 2 aromatic rings. The molecule has 13 nitrogen and oxygen atoms in total. The van der Waals surface area contributed by atoms with Crippen molar-refractivity contribution in [2.24, 2.45) is 5.92 Å². The third-order valence-electron chi connectivity index (χ3n) is 13.7. The van der Waals surface area contributed by atoms with Gasteiger partial charge in [-0.3, -0.25) is 44.4 Å². The van der Waals surface area contributed by atoms with E-state index in [9.17, 15) is 24.0 Å². The van der Waals surface area contributed by atoms with Gasteiger partial charge in [-0.1, -0.05) is 6.07 Å². The smallest absolute Gasteiger partial charge is 0.258 e. The van der Waals surface area contributed by atoms with E-state index < -0.39 is 17.4 Å². The van der Waals surface area contributed by atoms with Crippen LogP contribution in [-0.4, -0.2) is 94.6 Å². The number of piperidine rings is 2. The summed E-state index contributed by atoms with van der Waals surface area (Å²) in [4.78, 5) is 75.2. The SMILES string of the molecule is C[C@H]1CCc2c(ccc(N3C=CN(C4CCN(C5CN(C6(c7ccc8c(c7)C(=O)NC8=O)CCC(=O)NC6=O)C5)CC4)C=C3)c2OC2CCC2)N1C(=O)C1CC1. The molecular formula is C43H49N7O6. The van der Waals surface area contributed by atoms with Gasteiger partial charge in [-0.05, 0) is 101 Å². The third kappa shape index (κ3) is 5.84. The van der Waals surface area contributed by atoms with E-state index in [0.717, 1.165) is 87.1 Å². The van der Waals surface area contributed by atoms with Gasteiger partial charge in [0.05, 0.1) is 28.6 Å². The lowest BCUT2D eigenvalue weighted by molar-refractivity contribution is -0.152. The monoisotopic (exact) mass is 759 g/mol. The molecule has 5 amide bonds. The van der Waals surface area contributed by atoms with E-state index in [1.165, 1.54) is 6.42 Å². The number of nitrogens with zero attached hydrogens (tertiary/aromatic N) is 5. The van der Waals surface area contributed by atoms with Gasteiger partial charge in [0, 0.05) is 87.0 Å². The summed E-state index contributed by atoms with van der Waals surface area (Å²) in [6.07, 6.45) is 18.5. The van der Waals surface area contributed by atoms with Crippen LogP contribution in [0.15, 0.2) is 55.1 Å². The molecule has 0 spiro atoms. The Hall–Kier alpha value is -5.01. The maximum atomic E-state index is 13.6. The van der Waals surface area contributed by atoms with E-state index in [-0.39, 0.29) is 53.8 Å². The minimum atomic E-state index is -1.08. The van der Waals surface area contributed by atoms with Crippen molar-refractivity contribution in [2.45, 2.75) is 107 Å². The van der Waals surface area contributed by atoms with Crippen molar-refractivity contribution >= 4 is 40.9 Å². The van der Waals surface area contributed by atoms with Gasteiger partial charge in [0.2, 0.25) is 11.8 Å². The van der Waals surface area contributed by atoms with Gasteiger partial charge >= 0.3 is 0 Å². The number of hydrogen-bond donors (Lipinski definition) is 2. The molecule has 13 heteroatoms. The predicted molar refractivity (Wildman–Crippen MR) is 208 cm³/mol. The fraction of sp³-hybridized carbons (Fsp3) is 0.512. The van der Waals surface area contributed by atoms with E-state index in [4.69, 9.17) is 4.74 Å². The molecule has 292 valence electrons. The number of imide groups is 2. The van der Waals surface area contributed by atoms with Gasteiger partial charge in [0.25, 0.3) is 17.7 Å². The first-order chi connectivity index (χ1) is 27.2. The van der Waals surface area contributed by atoms with Crippen LogP contribution in [0, 0.1) is 5.92 Å². The van der Waals surface area contributed by atoms with Crippen molar-refractivity contribution < 1.29 is 28.7 Å². The maximum absolute atomic E-state index is 13.6. The lowest BCUT2D eigenvalue weighted by atomic mass is 9.77. The van der Waals surface area contributed by atoms with Gasteiger partial charge in [-0.15, -0.1) is 0 Å². The maximum Gasteiger partial charge on any atom is 0.258 e.